The summed E-state index contributed by atoms with van der Waals surface area (Å²) in [6.45, 7) is 5.27. The SMILES string of the molecule is CCOC(=O)c1cc2c(cc1OCC)C(=O)N(Cc1ccc3ccccc3c1)C2. The lowest BCUT2D eigenvalue weighted by atomic mass is 10.0. The highest BCUT2D eigenvalue weighted by Crippen LogP contribution is 2.32. The van der Waals surface area contributed by atoms with Crippen molar-refractivity contribution in [2.75, 3.05) is 13.2 Å². The van der Waals surface area contributed by atoms with Gasteiger partial charge in [-0.2, -0.15) is 0 Å². The third-order valence-electron chi connectivity index (χ3n) is 5.07. The summed E-state index contributed by atoms with van der Waals surface area (Å²) in [4.78, 5) is 27.1. The maximum atomic E-state index is 13.0. The number of amides is 1. The van der Waals surface area contributed by atoms with Gasteiger partial charge in [0.1, 0.15) is 11.3 Å². The van der Waals surface area contributed by atoms with Crippen molar-refractivity contribution in [1.82, 2.24) is 4.90 Å². The lowest BCUT2D eigenvalue weighted by Gasteiger charge is -2.16. The summed E-state index contributed by atoms with van der Waals surface area (Å²) in [7, 11) is 0. The molecule has 1 heterocycles. The van der Waals surface area contributed by atoms with Crippen LogP contribution in [0.1, 0.15) is 45.7 Å². The zero-order valence-electron chi connectivity index (χ0n) is 16.6. The van der Waals surface area contributed by atoms with Gasteiger partial charge in [0.25, 0.3) is 5.91 Å². The Morgan fingerprint density at radius 3 is 2.55 bits per heavy atom. The molecule has 5 heteroatoms. The van der Waals surface area contributed by atoms with Crippen LogP contribution in [0.3, 0.4) is 0 Å². The van der Waals surface area contributed by atoms with Crippen molar-refractivity contribution < 1.29 is 19.1 Å². The first-order chi connectivity index (χ1) is 14.1. The molecule has 0 atom stereocenters. The molecule has 0 fully saturated rings. The Bertz CT molecular complexity index is 1090. The molecule has 0 saturated carbocycles. The number of hydrogen-bond donors (Lipinski definition) is 0. The first-order valence-electron chi connectivity index (χ1n) is 9.84. The summed E-state index contributed by atoms with van der Waals surface area (Å²) in [5.74, 6) is -0.0886. The highest BCUT2D eigenvalue weighted by atomic mass is 16.5. The molecule has 29 heavy (non-hydrogen) atoms. The second-order valence-corrected chi connectivity index (χ2v) is 7.00. The molecule has 148 valence electrons. The Morgan fingerprint density at radius 2 is 1.79 bits per heavy atom. The molecule has 3 aromatic carbocycles. The molecule has 1 aliphatic heterocycles. The standard InChI is InChI=1S/C24H23NO4/c1-3-28-22-13-20-19(12-21(22)24(27)29-4-2)15-25(23(20)26)14-16-9-10-17-7-5-6-8-18(17)11-16/h5-13H,3-4,14-15H2,1-2H3. The number of ether oxygens (including phenoxy) is 2. The van der Waals surface area contributed by atoms with E-state index in [0.29, 0.717) is 36.6 Å². The number of fused-ring (bicyclic) bond motifs is 2. The number of hydrogen-bond acceptors (Lipinski definition) is 4. The van der Waals surface area contributed by atoms with E-state index in [1.807, 2.05) is 25.1 Å². The van der Waals surface area contributed by atoms with E-state index in [1.165, 1.54) is 5.39 Å². The Hall–Kier alpha value is -3.34. The number of rotatable bonds is 6. The van der Waals surface area contributed by atoms with Crippen LogP contribution in [0.5, 0.6) is 5.75 Å². The van der Waals surface area contributed by atoms with Crippen LogP contribution in [-0.2, 0) is 17.8 Å². The van der Waals surface area contributed by atoms with Crippen LogP contribution in [0.25, 0.3) is 10.8 Å². The van der Waals surface area contributed by atoms with Gasteiger partial charge in [0.2, 0.25) is 0 Å². The third kappa shape index (κ3) is 3.68. The van der Waals surface area contributed by atoms with Gasteiger partial charge >= 0.3 is 5.97 Å². The van der Waals surface area contributed by atoms with Crippen LogP contribution in [0.4, 0.5) is 0 Å². The van der Waals surface area contributed by atoms with Crippen LogP contribution in [0, 0.1) is 0 Å². The van der Waals surface area contributed by atoms with Crippen LogP contribution in [-0.4, -0.2) is 30.0 Å². The molecular weight excluding hydrogens is 366 g/mol. The van der Waals surface area contributed by atoms with Gasteiger partial charge in [-0.1, -0.05) is 36.4 Å². The second kappa shape index (κ2) is 7.95. The predicted molar refractivity (Wildman–Crippen MR) is 111 cm³/mol. The monoisotopic (exact) mass is 389 g/mol. The molecule has 0 bridgehead atoms. The Kier molecular flexibility index (Phi) is 5.21. The maximum absolute atomic E-state index is 13.0. The molecule has 1 aliphatic rings. The average molecular weight is 389 g/mol. The van der Waals surface area contributed by atoms with Gasteiger partial charge in [-0.05, 0) is 53.9 Å². The summed E-state index contributed by atoms with van der Waals surface area (Å²) in [6, 6.07) is 17.8. The van der Waals surface area contributed by atoms with Gasteiger partial charge in [0.15, 0.2) is 0 Å². The molecule has 0 spiro atoms. The molecule has 0 aliphatic carbocycles. The fraction of sp³-hybridized carbons (Fsp3) is 0.250. The van der Waals surface area contributed by atoms with Gasteiger partial charge in [-0.3, -0.25) is 4.79 Å². The minimum absolute atomic E-state index is 0.0514. The molecule has 0 radical (unpaired) electrons. The van der Waals surface area contributed by atoms with E-state index in [0.717, 1.165) is 16.5 Å². The van der Waals surface area contributed by atoms with E-state index in [1.54, 1.807) is 24.0 Å². The fourth-order valence-electron chi connectivity index (χ4n) is 3.73. The van der Waals surface area contributed by atoms with Crippen LogP contribution in [0.2, 0.25) is 0 Å². The largest absolute Gasteiger partial charge is 0.493 e. The average Bonchev–Trinajstić information content (AvgIpc) is 3.02. The first-order valence-corrected chi connectivity index (χ1v) is 9.84. The number of esters is 1. The summed E-state index contributed by atoms with van der Waals surface area (Å²) < 4.78 is 10.8. The smallest absolute Gasteiger partial charge is 0.341 e. The van der Waals surface area contributed by atoms with Crippen LogP contribution in [0.15, 0.2) is 54.6 Å². The molecule has 0 N–H and O–H groups in total. The number of carbonyl (C=O) groups is 2. The molecule has 0 aromatic heterocycles. The summed E-state index contributed by atoms with van der Waals surface area (Å²) >= 11 is 0. The van der Waals surface area contributed by atoms with Crippen LogP contribution >= 0.6 is 0 Å². The highest BCUT2D eigenvalue weighted by Gasteiger charge is 2.30. The predicted octanol–water partition coefficient (Wildman–Crippen LogP) is 4.57. The van der Waals surface area contributed by atoms with Crippen LogP contribution < -0.4 is 4.74 Å². The molecule has 5 nitrogen and oxygen atoms in total. The van der Waals surface area contributed by atoms with Crippen molar-refractivity contribution in [3.05, 3.63) is 76.9 Å². The number of nitrogens with zero attached hydrogens (tertiary/aromatic N) is 1. The van der Waals surface area contributed by atoms with Crippen molar-refractivity contribution in [2.45, 2.75) is 26.9 Å². The third-order valence-corrected chi connectivity index (χ3v) is 5.07. The normalized spacial score (nSPS) is 12.9. The molecule has 3 aromatic rings. The minimum atomic E-state index is -0.431. The van der Waals surface area contributed by atoms with E-state index >= 15 is 0 Å². The Labute approximate surface area is 169 Å². The molecule has 1 amide bonds. The molecule has 4 rings (SSSR count). The lowest BCUT2D eigenvalue weighted by Crippen LogP contribution is -2.23. The van der Waals surface area contributed by atoms with Crippen molar-refractivity contribution in [2.24, 2.45) is 0 Å². The minimum Gasteiger partial charge on any atom is -0.493 e. The van der Waals surface area contributed by atoms with E-state index in [-0.39, 0.29) is 12.5 Å². The topological polar surface area (TPSA) is 55.8 Å². The van der Waals surface area contributed by atoms with Crippen molar-refractivity contribution in [3.63, 3.8) is 0 Å². The quantitative estimate of drug-likeness (QED) is 0.580. The van der Waals surface area contributed by atoms with Gasteiger partial charge in [0, 0.05) is 18.7 Å². The summed E-state index contributed by atoms with van der Waals surface area (Å²) in [5, 5.41) is 2.32. The molecular formula is C24H23NO4. The summed E-state index contributed by atoms with van der Waals surface area (Å²) in [5.41, 5.74) is 2.85. The second-order valence-electron chi connectivity index (χ2n) is 7.00. The number of benzene rings is 3. The van der Waals surface area contributed by atoms with Crippen molar-refractivity contribution >= 4 is 22.6 Å². The van der Waals surface area contributed by atoms with E-state index in [2.05, 4.69) is 24.3 Å². The van der Waals surface area contributed by atoms with E-state index in [4.69, 9.17) is 9.47 Å². The number of carbonyl (C=O) groups excluding carboxylic acids is 2. The Morgan fingerprint density at radius 1 is 1.00 bits per heavy atom. The van der Waals surface area contributed by atoms with Gasteiger partial charge < -0.3 is 14.4 Å². The zero-order valence-corrected chi connectivity index (χ0v) is 16.6. The fourth-order valence-corrected chi connectivity index (χ4v) is 3.73. The van der Waals surface area contributed by atoms with Crippen molar-refractivity contribution in [3.8, 4) is 5.75 Å². The van der Waals surface area contributed by atoms with Gasteiger partial charge in [-0.15, -0.1) is 0 Å². The van der Waals surface area contributed by atoms with Gasteiger partial charge in [-0.25, -0.2) is 4.79 Å². The highest BCUT2D eigenvalue weighted by molar-refractivity contribution is 6.01. The maximum Gasteiger partial charge on any atom is 0.341 e. The zero-order chi connectivity index (χ0) is 20.4. The van der Waals surface area contributed by atoms with E-state index in [9.17, 15) is 9.59 Å². The van der Waals surface area contributed by atoms with E-state index < -0.39 is 5.97 Å². The molecule has 0 saturated heterocycles. The van der Waals surface area contributed by atoms with Crippen molar-refractivity contribution in [1.29, 1.82) is 0 Å². The Balaban J connectivity index is 1.62. The first kappa shape index (κ1) is 19.0. The summed E-state index contributed by atoms with van der Waals surface area (Å²) in [6.07, 6.45) is 0. The lowest BCUT2D eigenvalue weighted by molar-refractivity contribution is 0.0521. The molecule has 0 unspecified atom stereocenters. The van der Waals surface area contributed by atoms with Gasteiger partial charge in [0.05, 0.1) is 13.2 Å².